The van der Waals surface area contributed by atoms with Crippen LogP contribution in [0.3, 0.4) is 0 Å². The molecule has 94 valence electrons. The highest BCUT2D eigenvalue weighted by molar-refractivity contribution is 9.10. The third-order valence-electron chi connectivity index (χ3n) is 3.56. The molecule has 0 aromatic heterocycles. The number of hydrogen-bond donors (Lipinski definition) is 0. The van der Waals surface area contributed by atoms with Crippen molar-refractivity contribution in [1.82, 2.24) is 0 Å². The average Bonchev–Trinajstić information content (AvgIpc) is 2.48. The Morgan fingerprint density at radius 2 is 1.94 bits per heavy atom. The summed E-state index contributed by atoms with van der Waals surface area (Å²) in [5, 5.41) is 0. The SMILES string of the molecule is Fc1ccc(CC2CCCCCC2Br)c(Br)c1. The van der Waals surface area contributed by atoms with E-state index in [1.165, 1.54) is 37.7 Å². The van der Waals surface area contributed by atoms with Gasteiger partial charge in [0.05, 0.1) is 0 Å². The third kappa shape index (κ3) is 3.78. The molecule has 2 unspecified atom stereocenters. The molecule has 0 nitrogen and oxygen atoms in total. The van der Waals surface area contributed by atoms with Crippen LogP contribution in [0.5, 0.6) is 0 Å². The van der Waals surface area contributed by atoms with E-state index >= 15 is 0 Å². The number of alkyl halides is 1. The summed E-state index contributed by atoms with van der Waals surface area (Å²) in [6.07, 6.45) is 7.59. The van der Waals surface area contributed by atoms with E-state index < -0.39 is 0 Å². The van der Waals surface area contributed by atoms with Crippen LogP contribution >= 0.6 is 31.9 Å². The molecule has 0 amide bonds. The second kappa shape index (κ2) is 6.33. The first-order valence-corrected chi connectivity index (χ1v) is 7.95. The van der Waals surface area contributed by atoms with Crippen LogP contribution in [0.25, 0.3) is 0 Å². The molecule has 1 aromatic carbocycles. The Morgan fingerprint density at radius 3 is 2.71 bits per heavy atom. The van der Waals surface area contributed by atoms with E-state index in [2.05, 4.69) is 31.9 Å². The summed E-state index contributed by atoms with van der Waals surface area (Å²) in [7, 11) is 0. The zero-order valence-corrected chi connectivity index (χ0v) is 12.9. The number of halogens is 3. The Bertz CT molecular complexity index is 378. The molecule has 0 saturated heterocycles. The summed E-state index contributed by atoms with van der Waals surface area (Å²) in [6.45, 7) is 0. The lowest BCUT2D eigenvalue weighted by Crippen LogP contribution is -2.15. The summed E-state index contributed by atoms with van der Waals surface area (Å²) < 4.78 is 13.9. The van der Waals surface area contributed by atoms with Crippen LogP contribution in [-0.4, -0.2) is 4.83 Å². The zero-order valence-electron chi connectivity index (χ0n) is 9.76. The maximum atomic E-state index is 13.0. The monoisotopic (exact) mass is 362 g/mol. The van der Waals surface area contributed by atoms with Gasteiger partial charge in [-0.3, -0.25) is 0 Å². The minimum absolute atomic E-state index is 0.170. The van der Waals surface area contributed by atoms with Crippen molar-refractivity contribution >= 4 is 31.9 Å². The smallest absolute Gasteiger partial charge is 0.124 e. The molecular formula is C14H17Br2F. The van der Waals surface area contributed by atoms with Crippen molar-refractivity contribution in [1.29, 1.82) is 0 Å². The lowest BCUT2D eigenvalue weighted by molar-refractivity contribution is 0.474. The van der Waals surface area contributed by atoms with Crippen LogP contribution in [-0.2, 0) is 6.42 Å². The van der Waals surface area contributed by atoms with E-state index in [4.69, 9.17) is 0 Å². The summed E-state index contributed by atoms with van der Waals surface area (Å²) in [5.41, 5.74) is 1.22. The standard InChI is InChI=1S/C14H17Br2F/c15-13-5-3-1-2-4-10(13)8-11-6-7-12(17)9-14(11)16/h6-7,9-10,13H,1-5,8H2. The predicted octanol–water partition coefficient (Wildman–Crippen LogP) is 5.47. The first kappa shape index (κ1) is 13.5. The molecular weight excluding hydrogens is 347 g/mol. The van der Waals surface area contributed by atoms with Crippen molar-refractivity contribution in [3.05, 3.63) is 34.1 Å². The summed E-state index contributed by atoms with van der Waals surface area (Å²) in [4.78, 5) is 0.613. The number of hydrogen-bond acceptors (Lipinski definition) is 0. The van der Waals surface area contributed by atoms with Crippen LogP contribution in [0.1, 0.15) is 37.7 Å². The molecule has 0 heterocycles. The normalized spacial score (nSPS) is 25.6. The van der Waals surface area contributed by atoms with E-state index in [9.17, 15) is 4.39 Å². The molecule has 1 saturated carbocycles. The van der Waals surface area contributed by atoms with Crippen LogP contribution in [0, 0.1) is 11.7 Å². The Kier molecular flexibility index (Phi) is 5.04. The van der Waals surface area contributed by atoms with Crippen molar-refractivity contribution in [3.8, 4) is 0 Å². The summed E-state index contributed by atoms with van der Waals surface area (Å²) in [5.74, 6) is 0.510. The molecule has 0 radical (unpaired) electrons. The van der Waals surface area contributed by atoms with Gasteiger partial charge in [0.25, 0.3) is 0 Å². The molecule has 1 fully saturated rings. The molecule has 2 atom stereocenters. The maximum absolute atomic E-state index is 13.0. The van der Waals surface area contributed by atoms with Gasteiger partial charge in [-0.25, -0.2) is 4.39 Å². The lowest BCUT2D eigenvalue weighted by atomic mass is 9.92. The van der Waals surface area contributed by atoms with Crippen LogP contribution in [0.2, 0.25) is 0 Å². The highest BCUT2D eigenvalue weighted by Crippen LogP contribution is 2.33. The molecule has 1 aliphatic rings. The largest absolute Gasteiger partial charge is 0.207 e. The van der Waals surface area contributed by atoms with Gasteiger partial charge < -0.3 is 0 Å². The van der Waals surface area contributed by atoms with E-state index in [0.717, 1.165) is 10.9 Å². The average molecular weight is 364 g/mol. The van der Waals surface area contributed by atoms with Crippen molar-refractivity contribution in [2.75, 3.05) is 0 Å². The van der Waals surface area contributed by atoms with Gasteiger partial charge in [-0.1, -0.05) is 57.2 Å². The van der Waals surface area contributed by atoms with Crippen molar-refractivity contribution < 1.29 is 4.39 Å². The Balaban J connectivity index is 2.08. The molecule has 0 N–H and O–H groups in total. The summed E-state index contributed by atoms with van der Waals surface area (Å²) >= 11 is 7.27. The first-order valence-electron chi connectivity index (χ1n) is 6.25. The molecule has 1 aliphatic carbocycles. The Hall–Kier alpha value is 0.110. The molecule has 0 spiro atoms. The van der Waals surface area contributed by atoms with E-state index in [0.29, 0.717) is 10.7 Å². The Morgan fingerprint density at radius 1 is 1.18 bits per heavy atom. The zero-order chi connectivity index (χ0) is 12.3. The molecule has 0 aliphatic heterocycles. The van der Waals surface area contributed by atoms with Gasteiger partial charge in [0.1, 0.15) is 5.82 Å². The van der Waals surface area contributed by atoms with Crippen LogP contribution in [0.4, 0.5) is 4.39 Å². The molecule has 0 bridgehead atoms. The Labute approximate surface area is 119 Å². The van der Waals surface area contributed by atoms with Gasteiger partial charge in [-0.15, -0.1) is 0 Å². The van der Waals surface area contributed by atoms with Crippen LogP contribution < -0.4 is 0 Å². The molecule has 3 heteroatoms. The van der Waals surface area contributed by atoms with Gasteiger partial charge in [0.15, 0.2) is 0 Å². The first-order chi connectivity index (χ1) is 8.16. The summed E-state index contributed by atoms with van der Waals surface area (Å²) in [6, 6.07) is 5.03. The van der Waals surface area contributed by atoms with Gasteiger partial charge in [0.2, 0.25) is 0 Å². The maximum Gasteiger partial charge on any atom is 0.124 e. The van der Waals surface area contributed by atoms with E-state index in [-0.39, 0.29) is 5.82 Å². The second-order valence-electron chi connectivity index (χ2n) is 4.85. The lowest BCUT2D eigenvalue weighted by Gasteiger charge is -2.20. The fourth-order valence-electron chi connectivity index (χ4n) is 2.54. The van der Waals surface area contributed by atoms with Gasteiger partial charge in [-0.2, -0.15) is 0 Å². The van der Waals surface area contributed by atoms with Gasteiger partial charge >= 0.3 is 0 Å². The number of rotatable bonds is 2. The fraction of sp³-hybridized carbons (Fsp3) is 0.571. The van der Waals surface area contributed by atoms with Gasteiger partial charge in [-0.05, 0) is 42.9 Å². The quantitative estimate of drug-likeness (QED) is 0.482. The highest BCUT2D eigenvalue weighted by atomic mass is 79.9. The van der Waals surface area contributed by atoms with Gasteiger partial charge in [0, 0.05) is 9.30 Å². The predicted molar refractivity (Wildman–Crippen MR) is 77.1 cm³/mol. The molecule has 2 rings (SSSR count). The van der Waals surface area contributed by atoms with Crippen molar-refractivity contribution in [3.63, 3.8) is 0 Å². The fourth-order valence-corrected chi connectivity index (χ4v) is 3.83. The van der Waals surface area contributed by atoms with Crippen LogP contribution in [0.15, 0.2) is 22.7 Å². The molecule has 17 heavy (non-hydrogen) atoms. The number of benzene rings is 1. The second-order valence-corrected chi connectivity index (χ2v) is 6.88. The van der Waals surface area contributed by atoms with Crippen molar-refractivity contribution in [2.45, 2.75) is 43.4 Å². The topological polar surface area (TPSA) is 0 Å². The third-order valence-corrected chi connectivity index (χ3v) is 5.51. The van der Waals surface area contributed by atoms with Crippen molar-refractivity contribution in [2.24, 2.45) is 5.92 Å². The molecule has 1 aromatic rings. The minimum Gasteiger partial charge on any atom is -0.207 e. The highest BCUT2D eigenvalue weighted by Gasteiger charge is 2.22. The van der Waals surface area contributed by atoms with E-state index in [1.54, 1.807) is 12.1 Å². The van der Waals surface area contributed by atoms with E-state index in [1.807, 2.05) is 6.07 Å². The minimum atomic E-state index is -0.170.